The summed E-state index contributed by atoms with van der Waals surface area (Å²) in [7, 11) is 0. The van der Waals surface area contributed by atoms with Gasteiger partial charge in [0.25, 0.3) is 0 Å². The Morgan fingerprint density at radius 3 is 2.00 bits per heavy atom. The van der Waals surface area contributed by atoms with E-state index in [1.54, 1.807) is 6.20 Å². The molecule has 0 aliphatic carbocycles. The Morgan fingerprint density at radius 2 is 1.69 bits per heavy atom. The summed E-state index contributed by atoms with van der Waals surface area (Å²) >= 11 is 5.79. The van der Waals surface area contributed by atoms with Crippen molar-refractivity contribution in [2.24, 2.45) is 0 Å². The predicted molar refractivity (Wildman–Crippen MR) is 59.3 cm³/mol. The van der Waals surface area contributed by atoms with Crippen LogP contribution >= 0.6 is 11.6 Å². The maximum Gasteiger partial charge on any atom is 0.0592 e. The standard InChI is InChI=1S/C9H12ClN.C2H6/c1-9(2,3)7-4-8(10)6-11-5-7;1-2/h4-6H,1-3H3;1-2H3. The van der Waals surface area contributed by atoms with Gasteiger partial charge in [0.15, 0.2) is 0 Å². The molecule has 2 heteroatoms. The molecule has 1 aromatic heterocycles. The van der Waals surface area contributed by atoms with Crippen molar-refractivity contribution < 1.29 is 0 Å². The highest BCUT2D eigenvalue weighted by molar-refractivity contribution is 6.30. The van der Waals surface area contributed by atoms with Gasteiger partial charge in [-0.05, 0) is 17.0 Å². The van der Waals surface area contributed by atoms with Crippen LogP contribution in [0.5, 0.6) is 0 Å². The molecule has 0 saturated heterocycles. The largest absolute Gasteiger partial charge is 0.263 e. The summed E-state index contributed by atoms with van der Waals surface area (Å²) in [6.07, 6.45) is 3.50. The highest BCUT2D eigenvalue weighted by Gasteiger charge is 2.13. The fourth-order valence-electron chi connectivity index (χ4n) is 0.822. The molecule has 1 aromatic rings. The van der Waals surface area contributed by atoms with Gasteiger partial charge in [0.2, 0.25) is 0 Å². The molecule has 0 bridgehead atoms. The average Bonchev–Trinajstić information content (AvgIpc) is 2.06. The Hall–Kier alpha value is -0.560. The third-order valence-corrected chi connectivity index (χ3v) is 1.78. The zero-order chi connectivity index (χ0) is 10.5. The molecule has 1 heterocycles. The zero-order valence-corrected chi connectivity index (χ0v) is 9.81. The molecule has 0 N–H and O–H groups in total. The monoisotopic (exact) mass is 199 g/mol. The molecular weight excluding hydrogens is 182 g/mol. The highest BCUT2D eigenvalue weighted by atomic mass is 35.5. The maximum atomic E-state index is 5.79. The van der Waals surface area contributed by atoms with Crippen molar-refractivity contribution in [1.29, 1.82) is 0 Å². The van der Waals surface area contributed by atoms with E-state index in [0.29, 0.717) is 5.02 Å². The summed E-state index contributed by atoms with van der Waals surface area (Å²) < 4.78 is 0. The molecule has 13 heavy (non-hydrogen) atoms. The summed E-state index contributed by atoms with van der Waals surface area (Å²) in [5.74, 6) is 0. The van der Waals surface area contributed by atoms with Crippen molar-refractivity contribution in [2.75, 3.05) is 0 Å². The van der Waals surface area contributed by atoms with Crippen molar-refractivity contribution in [2.45, 2.75) is 40.0 Å². The van der Waals surface area contributed by atoms with E-state index in [0.717, 1.165) is 0 Å². The van der Waals surface area contributed by atoms with Crippen LogP contribution in [-0.4, -0.2) is 4.98 Å². The number of pyridine rings is 1. The van der Waals surface area contributed by atoms with Gasteiger partial charge in [0, 0.05) is 12.4 Å². The van der Waals surface area contributed by atoms with Crippen LogP contribution in [-0.2, 0) is 5.41 Å². The second kappa shape index (κ2) is 5.23. The van der Waals surface area contributed by atoms with Crippen LogP contribution in [0, 0.1) is 0 Å². The van der Waals surface area contributed by atoms with Gasteiger partial charge >= 0.3 is 0 Å². The Bertz CT molecular complexity index is 251. The molecule has 0 aromatic carbocycles. The molecule has 0 aliphatic rings. The van der Waals surface area contributed by atoms with Crippen LogP contribution in [0.3, 0.4) is 0 Å². The average molecular weight is 200 g/mol. The molecule has 1 rings (SSSR count). The summed E-state index contributed by atoms with van der Waals surface area (Å²) in [5, 5.41) is 0.706. The molecule has 0 spiro atoms. The van der Waals surface area contributed by atoms with Crippen LogP contribution in [0.1, 0.15) is 40.2 Å². The minimum absolute atomic E-state index is 0.137. The Morgan fingerprint density at radius 1 is 1.15 bits per heavy atom. The minimum atomic E-state index is 0.137. The molecule has 0 amide bonds. The number of nitrogens with zero attached hydrogens (tertiary/aromatic N) is 1. The van der Waals surface area contributed by atoms with Crippen LogP contribution in [0.4, 0.5) is 0 Å². The van der Waals surface area contributed by atoms with E-state index < -0.39 is 0 Å². The molecular formula is C11H18ClN. The number of halogens is 1. The lowest BCUT2D eigenvalue weighted by Gasteiger charge is -2.17. The third-order valence-electron chi connectivity index (χ3n) is 1.57. The minimum Gasteiger partial charge on any atom is -0.263 e. The number of aromatic nitrogens is 1. The Kier molecular flexibility index (Phi) is 5.01. The second-order valence-electron chi connectivity index (χ2n) is 3.64. The summed E-state index contributed by atoms with van der Waals surface area (Å²) in [6.45, 7) is 10.4. The van der Waals surface area contributed by atoms with Gasteiger partial charge in [-0.1, -0.05) is 46.2 Å². The van der Waals surface area contributed by atoms with Crippen LogP contribution in [0.15, 0.2) is 18.5 Å². The first-order valence-electron chi connectivity index (χ1n) is 4.61. The van der Waals surface area contributed by atoms with E-state index in [9.17, 15) is 0 Å². The molecule has 0 saturated carbocycles. The quantitative estimate of drug-likeness (QED) is 0.614. The summed E-state index contributed by atoms with van der Waals surface area (Å²) in [4.78, 5) is 4.02. The summed E-state index contributed by atoms with van der Waals surface area (Å²) in [6, 6.07) is 1.95. The lowest BCUT2D eigenvalue weighted by molar-refractivity contribution is 0.587. The van der Waals surface area contributed by atoms with Gasteiger partial charge in [0.05, 0.1) is 5.02 Å². The predicted octanol–water partition coefficient (Wildman–Crippen LogP) is 4.06. The van der Waals surface area contributed by atoms with Crippen molar-refractivity contribution in [3.63, 3.8) is 0 Å². The molecule has 74 valence electrons. The highest BCUT2D eigenvalue weighted by Crippen LogP contribution is 2.23. The van der Waals surface area contributed by atoms with Gasteiger partial charge < -0.3 is 0 Å². The SMILES string of the molecule is CC.CC(C)(C)c1cncc(Cl)c1. The van der Waals surface area contributed by atoms with Gasteiger partial charge in [-0.2, -0.15) is 0 Å². The molecule has 1 nitrogen and oxygen atoms in total. The molecule has 0 unspecified atom stereocenters. The topological polar surface area (TPSA) is 12.9 Å². The van der Waals surface area contributed by atoms with Crippen molar-refractivity contribution in [3.8, 4) is 0 Å². The number of hydrogen-bond acceptors (Lipinski definition) is 1. The van der Waals surface area contributed by atoms with Gasteiger partial charge in [-0.25, -0.2) is 0 Å². The van der Waals surface area contributed by atoms with Gasteiger partial charge in [0.1, 0.15) is 0 Å². The van der Waals surface area contributed by atoms with E-state index >= 15 is 0 Å². The lowest BCUT2D eigenvalue weighted by Crippen LogP contribution is -2.10. The van der Waals surface area contributed by atoms with E-state index in [1.807, 2.05) is 26.1 Å². The zero-order valence-electron chi connectivity index (χ0n) is 9.06. The second-order valence-corrected chi connectivity index (χ2v) is 4.08. The molecule has 0 fully saturated rings. The van der Waals surface area contributed by atoms with Crippen molar-refractivity contribution in [1.82, 2.24) is 4.98 Å². The maximum absolute atomic E-state index is 5.79. The van der Waals surface area contributed by atoms with E-state index in [1.165, 1.54) is 5.56 Å². The third kappa shape index (κ3) is 4.28. The van der Waals surface area contributed by atoms with Crippen LogP contribution < -0.4 is 0 Å². The molecule has 0 radical (unpaired) electrons. The first kappa shape index (κ1) is 12.4. The van der Waals surface area contributed by atoms with Gasteiger partial charge in [-0.3, -0.25) is 4.98 Å². The normalized spacial score (nSPS) is 10.3. The first-order chi connectivity index (χ1) is 6.00. The lowest BCUT2D eigenvalue weighted by atomic mass is 9.88. The fraction of sp³-hybridized carbons (Fsp3) is 0.545. The first-order valence-corrected chi connectivity index (χ1v) is 4.99. The van der Waals surface area contributed by atoms with Crippen LogP contribution in [0.2, 0.25) is 5.02 Å². The van der Waals surface area contributed by atoms with Crippen LogP contribution in [0.25, 0.3) is 0 Å². The molecule has 0 atom stereocenters. The fourth-order valence-corrected chi connectivity index (χ4v) is 0.996. The molecule has 0 aliphatic heterocycles. The van der Waals surface area contributed by atoms with Crippen molar-refractivity contribution >= 4 is 11.6 Å². The van der Waals surface area contributed by atoms with E-state index in [4.69, 9.17) is 11.6 Å². The van der Waals surface area contributed by atoms with Gasteiger partial charge in [-0.15, -0.1) is 0 Å². The van der Waals surface area contributed by atoms with Crippen molar-refractivity contribution in [3.05, 3.63) is 29.0 Å². The van der Waals surface area contributed by atoms with E-state index in [-0.39, 0.29) is 5.41 Å². The Labute approximate surface area is 86.1 Å². The summed E-state index contributed by atoms with van der Waals surface area (Å²) in [5.41, 5.74) is 1.31. The smallest absolute Gasteiger partial charge is 0.0592 e. The number of rotatable bonds is 0. The number of hydrogen-bond donors (Lipinski definition) is 0. The van der Waals surface area contributed by atoms with E-state index in [2.05, 4.69) is 25.8 Å². The Balaban J connectivity index is 0.000000671.